The van der Waals surface area contributed by atoms with Gasteiger partial charge in [-0.3, -0.25) is 4.79 Å². The second-order valence-electron chi connectivity index (χ2n) is 6.84. The fourth-order valence-corrected chi connectivity index (χ4v) is 4.53. The van der Waals surface area contributed by atoms with Crippen molar-refractivity contribution in [2.75, 3.05) is 11.9 Å². The molecule has 116 valence electrons. The van der Waals surface area contributed by atoms with Crippen molar-refractivity contribution in [2.24, 2.45) is 17.3 Å². The van der Waals surface area contributed by atoms with Gasteiger partial charge in [-0.2, -0.15) is 0 Å². The van der Waals surface area contributed by atoms with Gasteiger partial charge in [-0.05, 0) is 38.0 Å². The van der Waals surface area contributed by atoms with Crippen LogP contribution in [0, 0.1) is 17.3 Å². The van der Waals surface area contributed by atoms with Gasteiger partial charge in [0.05, 0.1) is 18.1 Å². The third-order valence-corrected chi connectivity index (χ3v) is 6.57. The lowest BCUT2D eigenvalue weighted by atomic mass is 9.75. The monoisotopic (exact) mass is 345 g/mol. The highest BCUT2D eigenvalue weighted by atomic mass is 79.9. The minimum atomic E-state index is 0.000895. The first-order valence-corrected chi connectivity index (χ1v) is 9.10. The summed E-state index contributed by atoms with van der Waals surface area (Å²) >= 11 is 3.66. The van der Waals surface area contributed by atoms with Crippen molar-refractivity contribution in [1.29, 1.82) is 0 Å². The molecule has 4 unspecified atom stereocenters. The van der Waals surface area contributed by atoms with E-state index < -0.39 is 0 Å². The van der Waals surface area contributed by atoms with Gasteiger partial charge in [0.25, 0.3) is 0 Å². The Hall–Kier alpha value is -0.0900. The van der Waals surface area contributed by atoms with Gasteiger partial charge < -0.3 is 10.1 Å². The molecule has 1 amide bonds. The van der Waals surface area contributed by atoms with Crippen molar-refractivity contribution >= 4 is 21.8 Å². The van der Waals surface area contributed by atoms with Gasteiger partial charge in [0.1, 0.15) is 0 Å². The van der Waals surface area contributed by atoms with Gasteiger partial charge in [0, 0.05) is 11.9 Å². The van der Waals surface area contributed by atoms with Crippen LogP contribution in [0.15, 0.2) is 0 Å². The number of rotatable bonds is 4. The van der Waals surface area contributed by atoms with Crippen LogP contribution >= 0.6 is 15.9 Å². The Morgan fingerprint density at radius 1 is 1.20 bits per heavy atom. The molecule has 1 N–H and O–H groups in total. The summed E-state index contributed by atoms with van der Waals surface area (Å²) in [5.41, 5.74) is 0.269. The first-order valence-electron chi connectivity index (χ1n) is 7.98. The number of ether oxygens (including phenoxy) is 1. The molecule has 4 heteroatoms. The Kier molecular flexibility index (Phi) is 5.52. The minimum absolute atomic E-state index is 0.000895. The Morgan fingerprint density at radius 3 is 2.35 bits per heavy atom. The van der Waals surface area contributed by atoms with Crippen LogP contribution in [-0.4, -0.2) is 30.0 Å². The first-order chi connectivity index (χ1) is 9.49. The summed E-state index contributed by atoms with van der Waals surface area (Å²) < 4.78 is 5.78. The molecule has 2 rings (SSSR count). The number of hydrogen-bond acceptors (Lipinski definition) is 2. The summed E-state index contributed by atoms with van der Waals surface area (Å²) in [5, 5.41) is 4.21. The molecule has 2 aliphatic rings. The lowest BCUT2D eigenvalue weighted by Crippen LogP contribution is -2.44. The molecule has 1 saturated heterocycles. The van der Waals surface area contributed by atoms with Gasteiger partial charge in [-0.1, -0.05) is 42.1 Å². The molecule has 4 atom stereocenters. The maximum atomic E-state index is 12.5. The summed E-state index contributed by atoms with van der Waals surface area (Å²) in [4.78, 5) is 12.5. The molecule has 1 heterocycles. The SMILES string of the molecule is CC1OC(C)C(C(=O)NCC2(CBr)CCCCC2)C1C. The molecule has 1 saturated carbocycles. The van der Waals surface area contributed by atoms with Crippen LogP contribution < -0.4 is 5.32 Å². The van der Waals surface area contributed by atoms with Gasteiger partial charge >= 0.3 is 0 Å². The number of nitrogens with one attached hydrogen (secondary N) is 1. The Balaban J connectivity index is 1.91. The largest absolute Gasteiger partial charge is 0.374 e. The van der Waals surface area contributed by atoms with E-state index in [2.05, 4.69) is 35.1 Å². The number of amides is 1. The maximum absolute atomic E-state index is 12.5. The molecule has 2 fully saturated rings. The molecule has 3 nitrogen and oxygen atoms in total. The number of carbonyl (C=O) groups excluding carboxylic acids is 1. The zero-order chi connectivity index (χ0) is 14.8. The molecular weight excluding hydrogens is 318 g/mol. The van der Waals surface area contributed by atoms with E-state index in [4.69, 9.17) is 4.74 Å². The Labute approximate surface area is 131 Å². The summed E-state index contributed by atoms with van der Waals surface area (Å²) in [5.74, 6) is 0.484. The third kappa shape index (κ3) is 3.38. The summed E-state index contributed by atoms with van der Waals surface area (Å²) in [6.07, 6.45) is 6.58. The fraction of sp³-hybridized carbons (Fsp3) is 0.938. The number of carbonyl (C=O) groups is 1. The summed E-state index contributed by atoms with van der Waals surface area (Å²) in [6.45, 7) is 7.02. The molecule has 0 aromatic rings. The smallest absolute Gasteiger partial charge is 0.226 e. The molecule has 1 aliphatic heterocycles. The van der Waals surface area contributed by atoms with Crippen LogP contribution in [0.25, 0.3) is 0 Å². The highest BCUT2D eigenvalue weighted by molar-refractivity contribution is 9.09. The van der Waals surface area contributed by atoms with Crippen LogP contribution in [0.1, 0.15) is 52.9 Å². The normalized spacial score (nSPS) is 36.8. The second kappa shape index (κ2) is 6.78. The molecule has 0 radical (unpaired) electrons. The van der Waals surface area contributed by atoms with Gasteiger partial charge in [0.15, 0.2) is 0 Å². The van der Waals surface area contributed by atoms with E-state index in [1.165, 1.54) is 32.1 Å². The van der Waals surface area contributed by atoms with E-state index in [-0.39, 0.29) is 29.4 Å². The number of halogens is 1. The lowest BCUT2D eigenvalue weighted by molar-refractivity contribution is -0.127. The van der Waals surface area contributed by atoms with Crippen molar-refractivity contribution in [2.45, 2.75) is 65.1 Å². The van der Waals surface area contributed by atoms with E-state index >= 15 is 0 Å². The topological polar surface area (TPSA) is 38.3 Å². The van der Waals surface area contributed by atoms with Crippen molar-refractivity contribution in [3.8, 4) is 0 Å². The molecular formula is C16H28BrNO2. The highest BCUT2D eigenvalue weighted by Crippen LogP contribution is 2.38. The van der Waals surface area contributed by atoms with Crippen LogP contribution in [0.2, 0.25) is 0 Å². The van der Waals surface area contributed by atoms with Crippen molar-refractivity contribution in [3.05, 3.63) is 0 Å². The van der Waals surface area contributed by atoms with Crippen molar-refractivity contribution in [3.63, 3.8) is 0 Å². The van der Waals surface area contributed by atoms with E-state index in [1.807, 2.05) is 6.92 Å². The lowest BCUT2D eigenvalue weighted by Gasteiger charge is -2.36. The van der Waals surface area contributed by atoms with Crippen LogP contribution in [0.4, 0.5) is 0 Å². The van der Waals surface area contributed by atoms with Crippen molar-refractivity contribution < 1.29 is 9.53 Å². The summed E-state index contributed by atoms with van der Waals surface area (Å²) in [7, 11) is 0. The van der Waals surface area contributed by atoms with Crippen LogP contribution in [0.3, 0.4) is 0 Å². The molecule has 0 aromatic heterocycles. The molecule has 0 bridgehead atoms. The predicted molar refractivity (Wildman–Crippen MR) is 85.0 cm³/mol. The Bertz CT molecular complexity index is 341. The van der Waals surface area contributed by atoms with Gasteiger partial charge in [-0.15, -0.1) is 0 Å². The minimum Gasteiger partial charge on any atom is -0.374 e. The van der Waals surface area contributed by atoms with Gasteiger partial charge in [0.2, 0.25) is 5.91 Å². The van der Waals surface area contributed by atoms with Gasteiger partial charge in [-0.25, -0.2) is 0 Å². The predicted octanol–water partition coefficient (Wildman–Crippen LogP) is 3.51. The summed E-state index contributed by atoms with van der Waals surface area (Å²) in [6, 6.07) is 0. The molecule has 0 aromatic carbocycles. The third-order valence-electron chi connectivity index (χ3n) is 5.38. The second-order valence-corrected chi connectivity index (χ2v) is 7.40. The standard InChI is InChI=1S/C16H28BrNO2/c1-11-12(2)20-13(3)14(11)15(19)18-10-16(9-17)7-5-4-6-8-16/h11-14H,4-10H2,1-3H3,(H,18,19). The quantitative estimate of drug-likeness (QED) is 0.791. The zero-order valence-corrected chi connectivity index (χ0v) is 14.5. The van der Waals surface area contributed by atoms with E-state index in [0.29, 0.717) is 5.92 Å². The fourth-order valence-electron chi connectivity index (χ4n) is 3.77. The highest BCUT2D eigenvalue weighted by Gasteiger charge is 2.42. The van der Waals surface area contributed by atoms with Crippen LogP contribution in [0.5, 0.6) is 0 Å². The average molecular weight is 346 g/mol. The Morgan fingerprint density at radius 2 is 1.85 bits per heavy atom. The zero-order valence-electron chi connectivity index (χ0n) is 13.0. The molecule has 0 spiro atoms. The molecule has 1 aliphatic carbocycles. The maximum Gasteiger partial charge on any atom is 0.226 e. The van der Waals surface area contributed by atoms with E-state index in [9.17, 15) is 4.79 Å². The first kappa shape index (κ1) is 16.3. The van der Waals surface area contributed by atoms with Crippen molar-refractivity contribution in [1.82, 2.24) is 5.32 Å². The number of hydrogen-bond donors (Lipinski definition) is 1. The van der Waals surface area contributed by atoms with E-state index in [1.54, 1.807) is 0 Å². The molecule has 20 heavy (non-hydrogen) atoms. The number of alkyl halides is 1. The average Bonchev–Trinajstić information content (AvgIpc) is 2.71. The van der Waals surface area contributed by atoms with Crippen LogP contribution in [-0.2, 0) is 9.53 Å². The van der Waals surface area contributed by atoms with E-state index in [0.717, 1.165) is 11.9 Å².